The van der Waals surface area contributed by atoms with Crippen LogP contribution >= 0.6 is 11.8 Å². The molecule has 2 nitrogen and oxygen atoms in total. The summed E-state index contributed by atoms with van der Waals surface area (Å²) in [5, 5.41) is 2.81. The molecule has 0 aliphatic carbocycles. The molecule has 3 heteroatoms. The summed E-state index contributed by atoms with van der Waals surface area (Å²) < 4.78 is 0. The fraction of sp³-hybridized carbons (Fsp3) is 0.222. The average Bonchev–Trinajstić information content (AvgIpc) is 2.05. The van der Waals surface area contributed by atoms with Crippen LogP contribution in [0.3, 0.4) is 0 Å². The summed E-state index contributed by atoms with van der Waals surface area (Å²) in [6, 6.07) is 6.18. The van der Waals surface area contributed by atoms with Crippen molar-refractivity contribution in [1.82, 2.24) is 0 Å². The van der Waals surface area contributed by atoms with Crippen molar-refractivity contribution in [2.75, 3.05) is 5.32 Å². The molecule has 0 spiro atoms. The Hall–Kier alpha value is -0.960. The number of thioether (sulfide) groups is 1. The fourth-order valence-corrected chi connectivity index (χ4v) is 2.17. The monoisotopic (exact) mass is 179 g/mol. The van der Waals surface area contributed by atoms with E-state index in [-0.39, 0.29) is 5.91 Å². The molecule has 3 rings (SSSR count). The molecule has 0 saturated heterocycles. The number of nitrogens with one attached hydrogen (secondary N) is 1. The van der Waals surface area contributed by atoms with Crippen LogP contribution in [0.25, 0.3) is 0 Å². The Labute approximate surface area is 75.4 Å². The summed E-state index contributed by atoms with van der Waals surface area (Å²) in [5.74, 6) is 1.03. The molecule has 2 aliphatic rings. The molecule has 1 amide bonds. The van der Waals surface area contributed by atoms with Crippen molar-refractivity contribution in [2.24, 2.45) is 0 Å². The Balaban J connectivity index is 2.34. The van der Waals surface area contributed by atoms with Gasteiger partial charge in [-0.2, -0.15) is 0 Å². The zero-order valence-electron chi connectivity index (χ0n) is 6.76. The number of hydrogen-bond donors (Lipinski definition) is 1. The second-order valence-corrected chi connectivity index (χ2v) is 3.82. The highest BCUT2D eigenvalue weighted by molar-refractivity contribution is 7.98. The zero-order valence-corrected chi connectivity index (χ0v) is 7.57. The maximum Gasteiger partial charge on any atom is 0.221 e. The highest BCUT2D eigenvalue weighted by atomic mass is 32.2. The van der Waals surface area contributed by atoms with Gasteiger partial charge in [0.25, 0.3) is 0 Å². The average molecular weight is 179 g/mol. The van der Waals surface area contributed by atoms with Crippen LogP contribution in [0.15, 0.2) is 23.1 Å². The van der Waals surface area contributed by atoms with E-state index in [0.717, 1.165) is 11.4 Å². The van der Waals surface area contributed by atoms with Gasteiger partial charge in [-0.25, -0.2) is 0 Å². The standard InChI is InChI=1S/C9H9NOS/c1-6(11)10-8-4-7-2-3-9(8)12-5-7/h2-4H,5H2,1H3,(H,10,11). The van der Waals surface area contributed by atoms with Gasteiger partial charge >= 0.3 is 0 Å². The van der Waals surface area contributed by atoms with Crippen LogP contribution in [-0.2, 0) is 10.5 Å². The van der Waals surface area contributed by atoms with Crippen molar-refractivity contribution in [3.8, 4) is 0 Å². The van der Waals surface area contributed by atoms with Gasteiger partial charge in [0, 0.05) is 17.6 Å². The van der Waals surface area contributed by atoms with E-state index in [1.165, 1.54) is 17.4 Å². The summed E-state index contributed by atoms with van der Waals surface area (Å²) >= 11 is 1.77. The number of fused-ring (bicyclic) bond motifs is 3. The molecule has 0 saturated carbocycles. The predicted octanol–water partition coefficient (Wildman–Crippen LogP) is 2.25. The first kappa shape index (κ1) is 7.68. The van der Waals surface area contributed by atoms with E-state index in [4.69, 9.17) is 0 Å². The van der Waals surface area contributed by atoms with Crippen LogP contribution in [0.4, 0.5) is 5.69 Å². The number of carbonyl (C=O) groups excluding carboxylic acids is 1. The van der Waals surface area contributed by atoms with Gasteiger partial charge in [-0.3, -0.25) is 4.79 Å². The van der Waals surface area contributed by atoms with Gasteiger partial charge < -0.3 is 5.32 Å². The first-order chi connectivity index (χ1) is 5.75. The quantitative estimate of drug-likeness (QED) is 0.716. The molecular formula is C9H9NOS. The predicted molar refractivity (Wildman–Crippen MR) is 50.3 cm³/mol. The number of carbonyl (C=O) groups is 1. The van der Waals surface area contributed by atoms with Crippen molar-refractivity contribution in [1.29, 1.82) is 0 Å². The van der Waals surface area contributed by atoms with Gasteiger partial charge in [0.1, 0.15) is 0 Å². The second-order valence-electron chi connectivity index (χ2n) is 2.80. The normalized spacial score (nSPS) is 13.1. The minimum absolute atomic E-state index is 0.00380. The molecule has 1 N–H and O–H groups in total. The van der Waals surface area contributed by atoms with Crippen LogP contribution in [0.2, 0.25) is 0 Å². The number of benzene rings is 1. The molecule has 0 aromatic heterocycles. The number of anilines is 1. The largest absolute Gasteiger partial charge is 0.325 e. The molecule has 12 heavy (non-hydrogen) atoms. The van der Waals surface area contributed by atoms with Crippen molar-refractivity contribution >= 4 is 23.4 Å². The second kappa shape index (κ2) is 2.83. The Morgan fingerprint density at radius 3 is 2.83 bits per heavy atom. The summed E-state index contributed by atoms with van der Waals surface area (Å²) in [6.45, 7) is 1.53. The lowest BCUT2D eigenvalue weighted by atomic mass is 10.2. The first-order valence-electron chi connectivity index (χ1n) is 3.79. The minimum Gasteiger partial charge on any atom is -0.325 e. The first-order valence-corrected chi connectivity index (χ1v) is 4.77. The molecule has 2 heterocycles. The SMILES string of the molecule is CC(=O)Nc1cc2ccc1SC2. The lowest BCUT2D eigenvalue weighted by Gasteiger charge is -2.16. The van der Waals surface area contributed by atoms with Gasteiger partial charge in [-0.1, -0.05) is 6.07 Å². The van der Waals surface area contributed by atoms with E-state index in [9.17, 15) is 4.79 Å². The third-order valence-electron chi connectivity index (χ3n) is 1.75. The lowest BCUT2D eigenvalue weighted by Crippen LogP contribution is -2.08. The summed E-state index contributed by atoms with van der Waals surface area (Å²) in [5.41, 5.74) is 2.23. The third kappa shape index (κ3) is 1.32. The smallest absolute Gasteiger partial charge is 0.221 e. The molecule has 0 radical (unpaired) electrons. The van der Waals surface area contributed by atoms with Crippen molar-refractivity contribution in [3.05, 3.63) is 23.8 Å². The topological polar surface area (TPSA) is 29.1 Å². The van der Waals surface area contributed by atoms with Gasteiger partial charge in [0.15, 0.2) is 0 Å². The highest BCUT2D eigenvalue weighted by Crippen LogP contribution is 2.36. The van der Waals surface area contributed by atoms with Crippen molar-refractivity contribution in [3.63, 3.8) is 0 Å². The molecule has 2 aliphatic heterocycles. The van der Waals surface area contributed by atoms with Crippen molar-refractivity contribution < 1.29 is 4.79 Å². The van der Waals surface area contributed by atoms with E-state index in [1.54, 1.807) is 11.8 Å². The van der Waals surface area contributed by atoms with Gasteiger partial charge in [-0.15, -0.1) is 11.8 Å². The van der Waals surface area contributed by atoms with E-state index in [1.807, 2.05) is 6.07 Å². The fourth-order valence-electron chi connectivity index (χ4n) is 1.24. The van der Waals surface area contributed by atoms with Crippen LogP contribution < -0.4 is 5.32 Å². The summed E-state index contributed by atoms with van der Waals surface area (Å²) in [7, 11) is 0. The maximum absolute atomic E-state index is 10.8. The van der Waals surface area contributed by atoms with Crippen LogP contribution in [0.5, 0.6) is 0 Å². The van der Waals surface area contributed by atoms with E-state index < -0.39 is 0 Å². The van der Waals surface area contributed by atoms with Gasteiger partial charge in [0.2, 0.25) is 5.91 Å². The van der Waals surface area contributed by atoms with E-state index in [0.29, 0.717) is 0 Å². The number of amides is 1. The summed E-state index contributed by atoms with van der Waals surface area (Å²) in [4.78, 5) is 11.9. The zero-order chi connectivity index (χ0) is 8.55. The van der Waals surface area contributed by atoms with Crippen LogP contribution in [0.1, 0.15) is 12.5 Å². The van der Waals surface area contributed by atoms with Gasteiger partial charge in [-0.05, 0) is 17.7 Å². The molecule has 1 aromatic carbocycles. The Morgan fingerprint density at radius 1 is 1.58 bits per heavy atom. The van der Waals surface area contributed by atoms with Crippen LogP contribution in [0, 0.1) is 0 Å². The van der Waals surface area contributed by atoms with E-state index >= 15 is 0 Å². The number of hydrogen-bond acceptors (Lipinski definition) is 2. The third-order valence-corrected chi connectivity index (χ3v) is 2.89. The molecular weight excluding hydrogens is 170 g/mol. The van der Waals surface area contributed by atoms with E-state index in [2.05, 4.69) is 17.4 Å². The van der Waals surface area contributed by atoms with Crippen LogP contribution in [-0.4, -0.2) is 5.91 Å². The summed E-state index contributed by atoms with van der Waals surface area (Å²) in [6.07, 6.45) is 0. The Morgan fingerprint density at radius 2 is 2.42 bits per heavy atom. The van der Waals surface area contributed by atoms with Gasteiger partial charge in [0.05, 0.1) is 5.69 Å². The molecule has 2 bridgehead atoms. The Kier molecular flexibility index (Phi) is 1.81. The lowest BCUT2D eigenvalue weighted by molar-refractivity contribution is -0.114. The highest BCUT2D eigenvalue weighted by Gasteiger charge is 2.11. The minimum atomic E-state index is -0.00380. The molecule has 0 fully saturated rings. The maximum atomic E-state index is 10.8. The molecule has 1 aromatic rings. The molecule has 62 valence electrons. The Bertz CT molecular complexity index is 335. The molecule has 0 atom stereocenters. The molecule has 0 unspecified atom stereocenters. The van der Waals surface area contributed by atoms with Crippen molar-refractivity contribution in [2.45, 2.75) is 17.6 Å². The number of rotatable bonds is 1.